The summed E-state index contributed by atoms with van der Waals surface area (Å²) < 4.78 is 0.769. The van der Waals surface area contributed by atoms with Crippen LogP contribution >= 0.6 is 23.4 Å². The Kier molecular flexibility index (Phi) is 4.22. The van der Waals surface area contributed by atoms with Crippen molar-refractivity contribution in [3.8, 4) is 0 Å². The minimum Gasteiger partial charge on any atom is -0.267 e. The number of hydrogen-bond acceptors (Lipinski definition) is 3. The van der Waals surface area contributed by atoms with E-state index in [1.807, 2.05) is 0 Å². The van der Waals surface area contributed by atoms with Crippen LogP contribution in [0.3, 0.4) is 0 Å². The van der Waals surface area contributed by atoms with Crippen molar-refractivity contribution < 1.29 is 9.72 Å². The normalized spacial score (nSPS) is 10.1. The van der Waals surface area contributed by atoms with Gasteiger partial charge in [0.15, 0.2) is 0 Å². The lowest BCUT2D eigenvalue weighted by Gasteiger charge is -2.15. The molecule has 7 heteroatoms. The Hall–Kier alpha value is -2.11. The Labute approximate surface area is 124 Å². The maximum absolute atomic E-state index is 12.3. The van der Waals surface area contributed by atoms with Crippen LogP contribution in [0.4, 0.5) is 11.4 Å². The summed E-state index contributed by atoms with van der Waals surface area (Å²) in [5, 5.41) is 11.2. The van der Waals surface area contributed by atoms with Crippen molar-refractivity contribution in [2.24, 2.45) is 0 Å². The fraction of sp³-hybridized carbons (Fsp3) is 0. The zero-order valence-electron chi connectivity index (χ0n) is 9.99. The number of amides is 1. The van der Waals surface area contributed by atoms with Crippen molar-refractivity contribution in [3.63, 3.8) is 0 Å². The van der Waals surface area contributed by atoms with Gasteiger partial charge in [-0.25, -0.2) is 4.42 Å². The molecule has 5 nitrogen and oxygen atoms in total. The Morgan fingerprint density at radius 3 is 2.35 bits per heavy atom. The first kappa shape index (κ1) is 14.3. The zero-order valence-corrected chi connectivity index (χ0v) is 11.5. The number of nitro benzene ring substituents is 1. The molecule has 2 aromatic rings. The van der Waals surface area contributed by atoms with E-state index in [1.54, 1.807) is 24.3 Å². The average molecular weight is 311 g/mol. The van der Waals surface area contributed by atoms with Crippen molar-refractivity contribution >= 4 is 40.7 Å². The van der Waals surface area contributed by atoms with Gasteiger partial charge in [0.25, 0.3) is 11.6 Å². The first-order chi connectivity index (χ1) is 9.52. The second-order valence-electron chi connectivity index (χ2n) is 3.81. The molecule has 2 rings (SSSR count). The van der Waals surface area contributed by atoms with E-state index in [-0.39, 0.29) is 22.0 Å². The molecule has 0 spiro atoms. The maximum Gasteiger partial charge on any atom is 0.282 e. The van der Waals surface area contributed by atoms with E-state index in [9.17, 15) is 14.9 Å². The van der Waals surface area contributed by atoms with Gasteiger partial charge < -0.3 is 0 Å². The van der Waals surface area contributed by atoms with Gasteiger partial charge in [0, 0.05) is 17.8 Å². The molecule has 0 saturated carbocycles. The molecule has 0 aromatic heterocycles. The summed E-state index contributed by atoms with van der Waals surface area (Å²) in [4.78, 5) is 22.5. The maximum atomic E-state index is 12.3. The number of para-hydroxylation sites is 2. The first-order valence-electron chi connectivity index (χ1n) is 5.50. The Bertz CT molecular complexity index is 676. The van der Waals surface area contributed by atoms with Gasteiger partial charge in [-0.3, -0.25) is 14.9 Å². The van der Waals surface area contributed by atoms with Crippen molar-refractivity contribution in [1.82, 2.24) is 0 Å². The summed E-state index contributed by atoms with van der Waals surface area (Å²) in [5.41, 5.74) is -0.151. The molecule has 0 saturated heterocycles. The van der Waals surface area contributed by atoms with Crippen LogP contribution in [0.25, 0.3) is 0 Å². The van der Waals surface area contributed by atoms with Gasteiger partial charge in [0.2, 0.25) is 0 Å². The van der Waals surface area contributed by atoms with Crippen LogP contribution in [0.2, 0.25) is 5.02 Å². The van der Waals surface area contributed by atoms with Gasteiger partial charge in [0.05, 0.1) is 15.6 Å². The van der Waals surface area contributed by atoms with E-state index < -0.39 is 10.8 Å². The predicted molar refractivity (Wildman–Crippen MR) is 77.2 cm³/mol. The summed E-state index contributed by atoms with van der Waals surface area (Å²) >= 11 is 11.9. The van der Waals surface area contributed by atoms with E-state index in [1.165, 1.54) is 24.3 Å². The van der Waals surface area contributed by atoms with Gasteiger partial charge in [0.1, 0.15) is 5.56 Å². The molecule has 0 radical (unpaired) electrons. The van der Waals surface area contributed by atoms with E-state index in [4.69, 9.17) is 23.4 Å². The molecule has 20 heavy (non-hydrogen) atoms. The fourth-order valence-electron chi connectivity index (χ4n) is 1.64. The third kappa shape index (κ3) is 2.74. The standard InChI is InChI=1S/C13H8Cl2N2O3/c14-10-6-2-4-8-12(10)16(15)13(18)9-5-1-3-7-11(9)17(19)20/h1-8H. The van der Waals surface area contributed by atoms with Crippen LogP contribution in [0.5, 0.6) is 0 Å². The smallest absolute Gasteiger partial charge is 0.267 e. The number of hydrogen-bond donors (Lipinski definition) is 0. The number of nitro groups is 1. The van der Waals surface area contributed by atoms with Crippen molar-refractivity contribution in [2.45, 2.75) is 0 Å². The Morgan fingerprint density at radius 2 is 1.70 bits per heavy atom. The second kappa shape index (κ2) is 5.90. The summed E-state index contributed by atoms with van der Waals surface area (Å²) in [6.45, 7) is 0. The van der Waals surface area contributed by atoms with E-state index in [0.717, 1.165) is 4.42 Å². The van der Waals surface area contributed by atoms with Crippen LogP contribution in [0.1, 0.15) is 10.4 Å². The number of benzene rings is 2. The molecule has 0 atom stereocenters. The molecule has 0 aliphatic rings. The lowest BCUT2D eigenvalue weighted by Crippen LogP contribution is -2.22. The summed E-state index contributed by atoms with van der Waals surface area (Å²) in [7, 11) is 0. The predicted octanol–water partition coefficient (Wildman–Crippen LogP) is 4.05. The van der Waals surface area contributed by atoms with E-state index in [2.05, 4.69) is 0 Å². The highest BCUT2D eigenvalue weighted by Gasteiger charge is 2.25. The molecule has 0 unspecified atom stereocenters. The highest BCUT2D eigenvalue weighted by atomic mass is 35.5. The molecule has 0 fully saturated rings. The van der Waals surface area contributed by atoms with E-state index >= 15 is 0 Å². The number of rotatable bonds is 3. The SMILES string of the molecule is O=C(c1ccccc1[N+](=O)[O-])N(Cl)c1ccccc1Cl. The highest BCUT2D eigenvalue weighted by molar-refractivity contribution is 6.43. The number of anilines is 1. The van der Waals surface area contributed by atoms with Crippen LogP contribution in [0, 0.1) is 10.1 Å². The average Bonchev–Trinajstić information content (AvgIpc) is 2.46. The summed E-state index contributed by atoms with van der Waals surface area (Å²) in [6, 6.07) is 12.0. The fourth-order valence-corrected chi connectivity index (χ4v) is 2.14. The minimum atomic E-state index is -0.716. The quantitative estimate of drug-likeness (QED) is 0.488. The lowest BCUT2D eigenvalue weighted by atomic mass is 10.1. The van der Waals surface area contributed by atoms with Crippen molar-refractivity contribution in [2.75, 3.05) is 4.42 Å². The second-order valence-corrected chi connectivity index (χ2v) is 4.56. The molecule has 1 amide bonds. The van der Waals surface area contributed by atoms with Gasteiger partial charge in [-0.05, 0) is 18.2 Å². The molecular weight excluding hydrogens is 303 g/mol. The van der Waals surface area contributed by atoms with E-state index in [0.29, 0.717) is 0 Å². The number of carbonyl (C=O) groups excluding carboxylic acids is 1. The molecule has 0 aliphatic carbocycles. The molecule has 0 bridgehead atoms. The number of nitrogens with zero attached hydrogens (tertiary/aromatic N) is 2. The van der Waals surface area contributed by atoms with Crippen LogP contribution < -0.4 is 4.42 Å². The van der Waals surface area contributed by atoms with Crippen molar-refractivity contribution in [3.05, 3.63) is 69.2 Å². The van der Waals surface area contributed by atoms with Crippen LogP contribution in [0.15, 0.2) is 48.5 Å². The summed E-state index contributed by atoms with van der Waals surface area (Å²) in [5.74, 6) is -0.716. The number of carbonyl (C=O) groups is 1. The molecular formula is C13H8Cl2N2O3. The van der Waals surface area contributed by atoms with Gasteiger partial charge in [-0.15, -0.1) is 0 Å². The van der Waals surface area contributed by atoms with Crippen LogP contribution in [-0.2, 0) is 0 Å². The topological polar surface area (TPSA) is 63.4 Å². The highest BCUT2D eigenvalue weighted by Crippen LogP contribution is 2.30. The molecule has 2 aromatic carbocycles. The largest absolute Gasteiger partial charge is 0.282 e. The Morgan fingerprint density at radius 1 is 1.10 bits per heavy atom. The van der Waals surface area contributed by atoms with Gasteiger partial charge in [-0.2, -0.15) is 0 Å². The third-order valence-corrected chi connectivity index (χ3v) is 3.23. The molecule has 0 N–H and O–H groups in total. The zero-order chi connectivity index (χ0) is 14.7. The van der Waals surface area contributed by atoms with Gasteiger partial charge in [-0.1, -0.05) is 35.9 Å². The molecule has 102 valence electrons. The molecule has 0 heterocycles. The minimum absolute atomic E-state index is 0.104. The summed E-state index contributed by atoms with van der Waals surface area (Å²) in [6.07, 6.45) is 0. The molecule has 0 aliphatic heterocycles. The third-order valence-electron chi connectivity index (χ3n) is 2.57. The lowest BCUT2D eigenvalue weighted by molar-refractivity contribution is -0.385. The van der Waals surface area contributed by atoms with Gasteiger partial charge >= 0.3 is 0 Å². The number of halogens is 2. The van der Waals surface area contributed by atoms with Crippen LogP contribution in [-0.4, -0.2) is 10.8 Å². The monoisotopic (exact) mass is 310 g/mol. The Balaban J connectivity index is 2.42. The first-order valence-corrected chi connectivity index (χ1v) is 6.22. The van der Waals surface area contributed by atoms with Crippen molar-refractivity contribution in [1.29, 1.82) is 0 Å².